The van der Waals surface area contributed by atoms with E-state index in [1.165, 1.54) is 0 Å². The van der Waals surface area contributed by atoms with Crippen molar-refractivity contribution in [2.24, 2.45) is 7.05 Å². The Morgan fingerprint density at radius 3 is 2.89 bits per heavy atom. The Bertz CT molecular complexity index is 802. The highest BCUT2D eigenvalue weighted by Crippen LogP contribution is 2.11. The first-order valence-corrected chi connectivity index (χ1v) is 5.95. The number of fused-ring (bicyclic) bond motifs is 1. The summed E-state index contributed by atoms with van der Waals surface area (Å²) in [5, 5.41) is 8.29. The van der Waals surface area contributed by atoms with E-state index in [0.717, 1.165) is 16.8 Å². The Hall–Kier alpha value is -2.50. The molecule has 3 aromatic rings. The minimum absolute atomic E-state index is 0.0464. The van der Waals surface area contributed by atoms with Crippen LogP contribution in [0.25, 0.3) is 10.9 Å². The van der Waals surface area contributed by atoms with Gasteiger partial charge in [-0.3, -0.25) is 14.0 Å². The van der Waals surface area contributed by atoms with E-state index >= 15 is 0 Å². The summed E-state index contributed by atoms with van der Waals surface area (Å²) in [6.07, 6.45) is 3.22. The standard InChI is InChI=1S/C13H13N5O/c1-9-4-3-5-11-12(9)14-8-18(13(11)19)7-10-6-15-16-17(10)2/h3-6,8H,7H2,1-2H3. The number of rotatable bonds is 2. The van der Waals surface area contributed by atoms with Crippen molar-refractivity contribution >= 4 is 10.9 Å². The quantitative estimate of drug-likeness (QED) is 0.682. The summed E-state index contributed by atoms with van der Waals surface area (Å²) in [6.45, 7) is 2.36. The van der Waals surface area contributed by atoms with Crippen molar-refractivity contribution in [3.63, 3.8) is 0 Å². The number of hydrogen-bond acceptors (Lipinski definition) is 4. The molecular formula is C13H13N5O. The summed E-state index contributed by atoms with van der Waals surface area (Å²) in [5.74, 6) is 0. The van der Waals surface area contributed by atoms with Gasteiger partial charge in [-0.05, 0) is 18.6 Å². The first-order chi connectivity index (χ1) is 9.16. The predicted octanol–water partition coefficient (Wildman–Crippen LogP) is 0.882. The van der Waals surface area contributed by atoms with Crippen LogP contribution in [-0.4, -0.2) is 24.5 Å². The van der Waals surface area contributed by atoms with Gasteiger partial charge >= 0.3 is 0 Å². The lowest BCUT2D eigenvalue weighted by molar-refractivity contribution is 0.635. The lowest BCUT2D eigenvalue weighted by Crippen LogP contribution is -2.22. The molecule has 0 fully saturated rings. The highest BCUT2D eigenvalue weighted by molar-refractivity contribution is 5.80. The molecule has 96 valence electrons. The number of nitrogens with zero attached hydrogens (tertiary/aromatic N) is 5. The molecule has 0 spiro atoms. The van der Waals surface area contributed by atoms with Gasteiger partial charge in [0.1, 0.15) is 0 Å². The van der Waals surface area contributed by atoms with Gasteiger partial charge in [-0.25, -0.2) is 4.98 Å². The molecule has 1 aromatic carbocycles. The number of benzene rings is 1. The normalized spacial score (nSPS) is 11.1. The molecule has 0 aliphatic heterocycles. The third kappa shape index (κ3) is 1.91. The molecule has 6 nitrogen and oxygen atoms in total. The van der Waals surface area contributed by atoms with E-state index in [1.54, 1.807) is 34.9 Å². The lowest BCUT2D eigenvalue weighted by Gasteiger charge is -2.07. The smallest absolute Gasteiger partial charge is 0.261 e. The first-order valence-electron chi connectivity index (χ1n) is 5.95. The molecule has 0 aliphatic rings. The fourth-order valence-corrected chi connectivity index (χ4v) is 2.08. The minimum Gasteiger partial charge on any atom is -0.293 e. The summed E-state index contributed by atoms with van der Waals surface area (Å²) in [5.41, 5.74) is 2.57. The van der Waals surface area contributed by atoms with Crippen LogP contribution < -0.4 is 5.56 Å². The van der Waals surface area contributed by atoms with Crippen LogP contribution in [0.15, 0.2) is 35.5 Å². The Labute approximate surface area is 109 Å². The van der Waals surface area contributed by atoms with Crippen LogP contribution in [0.4, 0.5) is 0 Å². The molecule has 19 heavy (non-hydrogen) atoms. The van der Waals surface area contributed by atoms with Crippen LogP contribution in [0.5, 0.6) is 0 Å². The molecule has 0 saturated carbocycles. The van der Waals surface area contributed by atoms with Gasteiger partial charge < -0.3 is 0 Å². The maximum absolute atomic E-state index is 12.4. The Balaban J connectivity index is 2.14. The molecule has 3 rings (SSSR count). The average molecular weight is 255 g/mol. The van der Waals surface area contributed by atoms with E-state index in [-0.39, 0.29) is 5.56 Å². The van der Waals surface area contributed by atoms with E-state index < -0.39 is 0 Å². The molecule has 0 atom stereocenters. The second-order valence-electron chi connectivity index (χ2n) is 4.50. The molecule has 6 heteroatoms. The van der Waals surface area contributed by atoms with Crippen molar-refractivity contribution < 1.29 is 0 Å². The second kappa shape index (κ2) is 4.31. The molecule has 0 radical (unpaired) electrons. The Kier molecular flexibility index (Phi) is 2.63. The second-order valence-corrected chi connectivity index (χ2v) is 4.50. The van der Waals surface area contributed by atoms with E-state index in [4.69, 9.17) is 0 Å². The van der Waals surface area contributed by atoms with Crippen molar-refractivity contribution in [3.8, 4) is 0 Å². The SMILES string of the molecule is Cc1cccc2c(=O)n(Cc3cnnn3C)cnc12. The number of para-hydroxylation sites is 1. The van der Waals surface area contributed by atoms with Crippen LogP contribution >= 0.6 is 0 Å². The van der Waals surface area contributed by atoms with Gasteiger partial charge in [-0.2, -0.15) is 0 Å². The van der Waals surface area contributed by atoms with Crippen LogP contribution in [-0.2, 0) is 13.6 Å². The average Bonchev–Trinajstić information content (AvgIpc) is 2.79. The van der Waals surface area contributed by atoms with E-state index in [0.29, 0.717) is 11.9 Å². The number of hydrogen-bond donors (Lipinski definition) is 0. The van der Waals surface area contributed by atoms with Crippen LogP contribution in [0.3, 0.4) is 0 Å². The number of aromatic nitrogens is 5. The van der Waals surface area contributed by atoms with Crippen LogP contribution in [0, 0.1) is 6.92 Å². The number of aryl methyl sites for hydroxylation is 2. The van der Waals surface area contributed by atoms with Crippen molar-refractivity contribution in [1.82, 2.24) is 24.5 Å². The fraction of sp³-hybridized carbons (Fsp3) is 0.231. The van der Waals surface area contributed by atoms with Crippen LogP contribution in [0.1, 0.15) is 11.3 Å². The largest absolute Gasteiger partial charge is 0.293 e. The molecule has 0 N–H and O–H groups in total. The zero-order chi connectivity index (χ0) is 13.4. The van der Waals surface area contributed by atoms with Crippen molar-refractivity contribution in [1.29, 1.82) is 0 Å². The summed E-state index contributed by atoms with van der Waals surface area (Å²) in [7, 11) is 1.80. The predicted molar refractivity (Wildman–Crippen MR) is 70.8 cm³/mol. The Morgan fingerprint density at radius 1 is 1.32 bits per heavy atom. The fourth-order valence-electron chi connectivity index (χ4n) is 2.08. The van der Waals surface area contributed by atoms with Gasteiger partial charge in [-0.1, -0.05) is 17.3 Å². The molecule has 0 unspecified atom stereocenters. The van der Waals surface area contributed by atoms with E-state index in [9.17, 15) is 4.79 Å². The third-order valence-corrected chi connectivity index (χ3v) is 3.20. The topological polar surface area (TPSA) is 65.6 Å². The zero-order valence-electron chi connectivity index (χ0n) is 10.7. The van der Waals surface area contributed by atoms with Crippen molar-refractivity contribution in [3.05, 3.63) is 52.3 Å². The molecular weight excluding hydrogens is 242 g/mol. The lowest BCUT2D eigenvalue weighted by atomic mass is 10.1. The summed E-state index contributed by atoms with van der Waals surface area (Å²) in [4.78, 5) is 16.8. The minimum atomic E-state index is -0.0464. The maximum Gasteiger partial charge on any atom is 0.261 e. The molecule has 0 saturated heterocycles. The first kappa shape index (κ1) is 11.6. The highest BCUT2D eigenvalue weighted by atomic mass is 16.1. The van der Waals surface area contributed by atoms with E-state index in [1.807, 2.05) is 19.1 Å². The summed E-state index contributed by atoms with van der Waals surface area (Å²) in [6, 6.07) is 5.62. The molecule has 2 aromatic heterocycles. The molecule has 0 bridgehead atoms. The Morgan fingerprint density at radius 2 is 2.16 bits per heavy atom. The molecule has 0 amide bonds. The maximum atomic E-state index is 12.4. The highest BCUT2D eigenvalue weighted by Gasteiger charge is 2.08. The monoisotopic (exact) mass is 255 g/mol. The van der Waals surface area contributed by atoms with Gasteiger partial charge in [-0.15, -0.1) is 5.10 Å². The zero-order valence-corrected chi connectivity index (χ0v) is 10.7. The van der Waals surface area contributed by atoms with Gasteiger partial charge in [0, 0.05) is 7.05 Å². The van der Waals surface area contributed by atoms with Gasteiger partial charge in [0.15, 0.2) is 0 Å². The van der Waals surface area contributed by atoms with Gasteiger partial charge in [0.25, 0.3) is 5.56 Å². The van der Waals surface area contributed by atoms with E-state index in [2.05, 4.69) is 15.3 Å². The van der Waals surface area contributed by atoms with Gasteiger partial charge in [0.2, 0.25) is 0 Å². The van der Waals surface area contributed by atoms with Crippen LogP contribution in [0.2, 0.25) is 0 Å². The summed E-state index contributed by atoms with van der Waals surface area (Å²) < 4.78 is 3.22. The third-order valence-electron chi connectivity index (χ3n) is 3.20. The van der Waals surface area contributed by atoms with Crippen molar-refractivity contribution in [2.45, 2.75) is 13.5 Å². The van der Waals surface area contributed by atoms with Gasteiger partial charge in [0.05, 0.1) is 35.7 Å². The molecule has 2 heterocycles. The van der Waals surface area contributed by atoms with Crippen molar-refractivity contribution in [2.75, 3.05) is 0 Å². The summed E-state index contributed by atoms with van der Waals surface area (Å²) >= 11 is 0. The molecule has 0 aliphatic carbocycles.